The Balaban J connectivity index is 0. The second-order valence-electron chi connectivity index (χ2n) is 0.558. The number of rotatable bonds is 0. The van der Waals surface area contributed by atoms with E-state index in [9.17, 15) is 0 Å². The van der Waals surface area contributed by atoms with Crippen molar-refractivity contribution in [2.75, 3.05) is 0 Å². The molecule has 0 aliphatic carbocycles. The van der Waals surface area contributed by atoms with Crippen molar-refractivity contribution in [1.29, 1.82) is 0 Å². The third-order valence-electron chi connectivity index (χ3n) is 0.204. The van der Waals surface area contributed by atoms with Crippen LogP contribution >= 0.6 is 0 Å². The van der Waals surface area contributed by atoms with Crippen molar-refractivity contribution in [1.82, 2.24) is 0 Å². The molecule has 0 N–H and O–H groups in total. The molecule has 0 nitrogen and oxygen atoms in total. The zero-order valence-electron chi connectivity index (χ0n) is 3.14. The Kier molecular flexibility index (Phi) is 15.9. The molecular weight excluding hydrogens is 149 g/mol. The zero-order valence-corrected chi connectivity index (χ0v) is 4.88. The summed E-state index contributed by atoms with van der Waals surface area (Å²) >= 11 is 0. The SMILES string of the molecule is C#CCC.[Ru]. The van der Waals surface area contributed by atoms with Gasteiger partial charge in [-0.2, -0.15) is 0 Å². The first-order valence-corrected chi connectivity index (χ1v) is 1.35. The fourth-order valence-corrected chi connectivity index (χ4v) is 0. The third-order valence-corrected chi connectivity index (χ3v) is 0.204. The predicted molar refractivity (Wildman–Crippen MR) is 19.1 cm³/mol. The smallest absolute Gasteiger partial charge is 0.00576 e. The van der Waals surface area contributed by atoms with Gasteiger partial charge in [0.25, 0.3) is 0 Å². The summed E-state index contributed by atoms with van der Waals surface area (Å²) < 4.78 is 0. The monoisotopic (exact) mass is 156 g/mol. The fourth-order valence-electron chi connectivity index (χ4n) is 0. The second-order valence-corrected chi connectivity index (χ2v) is 0.558. The first-order chi connectivity index (χ1) is 1.91. The van der Waals surface area contributed by atoms with E-state index >= 15 is 0 Å². The van der Waals surface area contributed by atoms with Crippen LogP contribution in [0.2, 0.25) is 0 Å². The van der Waals surface area contributed by atoms with Crippen molar-refractivity contribution in [3.8, 4) is 12.3 Å². The van der Waals surface area contributed by atoms with Crippen LogP contribution in [0, 0.1) is 12.3 Å². The molecule has 0 bridgehead atoms. The van der Waals surface area contributed by atoms with Crippen molar-refractivity contribution in [3.05, 3.63) is 0 Å². The van der Waals surface area contributed by atoms with Crippen LogP contribution in [0.4, 0.5) is 0 Å². The topological polar surface area (TPSA) is 0 Å². The van der Waals surface area contributed by atoms with E-state index in [4.69, 9.17) is 6.42 Å². The van der Waals surface area contributed by atoms with Crippen LogP contribution < -0.4 is 0 Å². The van der Waals surface area contributed by atoms with E-state index < -0.39 is 0 Å². The Morgan fingerprint density at radius 2 is 2.00 bits per heavy atom. The zero-order chi connectivity index (χ0) is 3.41. The normalized spacial score (nSPS) is 4.00. The van der Waals surface area contributed by atoms with Crippen molar-refractivity contribution in [3.63, 3.8) is 0 Å². The minimum Gasteiger partial charge on any atom is -0.120 e. The Bertz CT molecular complexity index is 33.4. The van der Waals surface area contributed by atoms with E-state index in [2.05, 4.69) is 5.92 Å². The van der Waals surface area contributed by atoms with Crippen molar-refractivity contribution in [2.24, 2.45) is 0 Å². The molecule has 1 heteroatoms. The summed E-state index contributed by atoms with van der Waals surface area (Å²) in [4.78, 5) is 0. The van der Waals surface area contributed by atoms with E-state index in [1.165, 1.54) is 0 Å². The summed E-state index contributed by atoms with van der Waals surface area (Å²) in [6.45, 7) is 1.94. The molecule has 0 atom stereocenters. The molecule has 0 amide bonds. The summed E-state index contributed by atoms with van der Waals surface area (Å²) in [5.74, 6) is 2.43. The summed E-state index contributed by atoms with van der Waals surface area (Å²) in [5, 5.41) is 0. The van der Waals surface area contributed by atoms with Crippen LogP contribution in [-0.4, -0.2) is 0 Å². The maximum atomic E-state index is 4.78. The largest absolute Gasteiger partial charge is 0.120 e. The van der Waals surface area contributed by atoms with Gasteiger partial charge in [0, 0.05) is 25.9 Å². The molecule has 0 rings (SSSR count). The van der Waals surface area contributed by atoms with Gasteiger partial charge in [-0.3, -0.25) is 0 Å². The van der Waals surface area contributed by atoms with Gasteiger partial charge in [0.1, 0.15) is 0 Å². The van der Waals surface area contributed by atoms with Gasteiger partial charge in [0.2, 0.25) is 0 Å². The first-order valence-electron chi connectivity index (χ1n) is 1.35. The van der Waals surface area contributed by atoms with Crippen molar-refractivity contribution < 1.29 is 19.5 Å². The summed E-state index contributed by atoms with van der Waals surface area (Å²) in [6, 6.07) is 0. The Morgan fingerprint density at radius 3 is 2.00 bits per heavy atom. The fraction of sp³-hybridized carbons (Fsp3) is 0.500. The summed E-state index contributed by atoms with van der Waals surface area (Å²) in [6.07, 6.45) is 5.62. The Hall–Kier alpha value is 0.183. The molecule has 0 aliphatic rings. The van der Waals surface area contributed by atoms with Crippen LogP contribution in [0.25, 0.3) is 0 Å². The molecule has 0 spiro atoms. The van der Waals surface area contributed by atoms with E-state index in [0.29, 0.717) is 0 Å². The van der Waals surface area contributed by atoms with Gasteiger partial charge in [-0.05, 0) is 0 Å². The molecule has 0 unspecified atom stereocenters. The average Bonchev–Trinajstić information content (AvgIpc) is 1.37. The van der Waals surface area contributed by atoms with Crippen LogP contribution in [0.15, 0.2) is 0 Å². The molecule has 0 aromatic heterocycles. The Morgan fingerprint density at radius 1 is 1.80 bits per heavy atom. The van der Waals surface area contributed by atoms with E-state index in [-0.39, 0.29) is 19.5 Å². The predicted octanol–water partition coefficient (Wildman–Crippen LogP) is 1.03. The molecule has 0 fully saturated rings. The van der Waals surface area contributed by atoms with Crippen LogP contribution in [-0.2, 0) is 19.5 Å². The average molecular weight is 155 g/mol. The van der Waals surface area contributed by atoms with Gasteiger partial charge in [-0.25, -0.2) is 0 Å². The number of hydrogen-bond donors (Lipinski definition) is 0. The van der Waals surface area contributed by atoms with Crippen LogP contribution in [0.3, 0.4) is 0 Å². The van der Waals surface area contributed by atoms with Gasteiger partial charge < -0.3 is 0 Å². The quantitative estimate of drug-likeness (QED) is 0.362. The standard InChI is InChI=1S/C4H6.Ru/c1-3-4-2;/h1H,4H2,2H3;. The van der Waals surface area contributed by atoms with Crippen LogP contribution in [0.5, 0.6) is 0 Å². The summed E-state index contributed by atoms with van der Waals surface area (Å²) in [7, 11) is 0. The second kappa shape index (κ2) is 8.89. The molecule has 0 radical (unpaired) electrons. The molecule has 0 aromatic carbocycles. The summed E-state index contributed by atoms with van der Waals surface area (Å²) in [5.41, 5.74) is 0. The minimum atomic E-state index is 0. The minimum absolute atomic E-state index is 0. The Labute approximate surface area is 45.7 Å². The van der Waals surface area contributed by atoms with Gasteiger partial charge in [0.05, 0.1) is 0 Å². The van der Waals surface area contributed by atoms with Gasteiger partial charge >= 0.3 is 0 Å². The van der Waals surface area contributed by atoms with Gasteiger partial charge in [-0.15, -0.1) is 12.3 Å². The van der Waals surface area contributed by atoms with E-state index in [1.807, 2.05) is 6.92 Å². The molecule has 0 aromatic rings. The van der Waals surface area contributed by atoms with E-state index in [1.54, 1.807) is 0 Å². The molecule has 0 heterocycles. The van der Waals surface area contributed by atoms with Crippen LogP contribution in [0.1, 0.15) is 13.3 Å². The molecule has 5 heavy (non-hydrogen) atoms. The molecule has 0 aliphatic heterocycles. The molecule has 30 valence electrons. The molecule has 0 saturated heterocycles. The maximum Gasteiger partial charge on any atom is 0.00576 e. The first kappa shape index (κ1) is 8.95. The van der Waals surface area contributed by atoms with Gasteiger partial charge in [0.15, 0.2) is 0 Å². The molecular formula is C4H6Ru. The van der Waals surface area contributed by atoms with Gasteiger partial charge in [-0.1, -0.05) is 6.92 Å². The maximum absolute atomic E-state index is 4.78. The van der Waals surface area contributed by atoms with E-state index in [0.717, 1.165) is 6.42 Å². The van der Waals surface area contributed by atoms with Crippen molar-refractivity contribution >= 4 is 0 Å². The third kappa shape index (κ3) is 14.2. The number of terminal acetylenes is 1. The molecule has 0 saturated carbocycles. The number of hydrogen-bond acceptors (Lipinski definition) is 0. The van der Waals surface area contributed by atoms with Crippen molar-refractivity contribution in [2.45, 2.75) is 13.3 Å².